The summed E-state index contributed by atoms with van der Waals surface area (Å²) in [4.78, 5) is 27.9. The zero-order valence-corrected chi connectivity index (χ0v) is 8.48. The van der Waals surface area contributed by atoms with E-state index in [-0.39, 0.29) is 37.7 Å². The van der Waals surface area contributed by atoms with Gasteiger partial charge in [-0.15, -0.1) is 0 Å². The molecule has 9 nitrogen and oxygen atoms in total. The second-order valence-corrected chi connectivity index (χ2v) is 1.82. The Labute approximate surface area is 113 Å². The van der Waals surface area contributed by atoms with Gasteiger partial charge in [-0.05, 0) is 6.16 Å². The van der Waals surface area contributed by atoms with Gasteiger partial charge in [0.25, 0.3) is 0 Å². The van der Waals surface area contributed by atoms with E-state index < -0.39 is 30.3 Å². The summed E-state index contributed by atoms with van der Waals surface area (Å²) in [5.74, 6) is -3.54. The Kier molecular flexibility index (Phi) is 19.0. The van der Waals surface area contributed by atoms with Crippen LogP contribution in [0.3, 0.4) is 0 Å². The molecule has 0 heterocycles. The second kappa shape index (κ2) is 12.4. The summed E-state index contributed by atoms with van der Waals surface area (Å²) in [5.41, 5.74) is 0. The number of rotatable bonds is 3. The number of hydrogen-bond acceptors (Lipinski definition) is 7. The van der Waals surface area contributed by atoms with E-state index in [0.29, 0.717) is 0 Å². The summed E-state index contributed by atoms with van der Waals surface area (Å²) in [5, 5.41) is 49.2. The van der Waals surface area contributed by atoms with Crippen molar-refractivity contribution in [3.05, 3.63) is 0 Å². The molecule has 0 aliphatic heterocycles. The van der Waals surface area contributed by atoms with E-state index in [4.69, 9.17) is 35.4 Å². The molecule has 0 rings (SSSR count). The van der Waals surface area contributed by atoms with Crippen LogP contribution in [0.4, 0.5) is 4.79 Å². The van der Waals surface area contributed by atoms with Crippen molar-refractivity contribution in [1.29, 1.82) is 0 Å². The second-order valence-electron chi connectivity index (χ2n) is 1.82. The zero-order valence-electron chi connectivity index (χ0n) is 8.48. The topological polar surface area (TPSA) is 178 Å². The minimum absolute atomic E-state index is 0. The average molecular weight is 224 g/mol. The molecule has 0 spiro atoms. The maximum Gasteiger partial charge on any atom is 1.00 e. The number of aliphatic hydroxyl groups excluding tert-OH is 2. The molecular formula is C5H6Li2O9. The molecule has 0 amide bonds. The summed E-state index contributed by atoms with van der Waals surface area (Å²) >= 11 is 0. The third kappa shape index (κ3) is 15.8. The third-order valence-corrected chi connectivity index (χ3v) is 0.805. The van der Waals surface area contributed by atoms with E-state index in [2.05, 4.69) is 0 Å². The van der Waals surface area contributed by atoms with Crippen molar-refractivity contribution in [3.63, 3.8) is 0 Å². The Hall–Kier alpha value is -0.675. The normalized spacial score (nSPS) is 11.4. The van der Waals surface area contributed by atoms with Gasteiger partial charge < -0.3 is 35.4 Å². The van der Waals surface area contributed by atoms with E-state index in [1.54, 1.807) is 0 Å². The van der Waals surface area contributed by atoms with Crippen molar-refractivity contribution < 1.29 is 82.7 Å². The first-order chi connectivity index (χ1) is 6.20. The Morgan fingerprint density at radius 3 is 1.00 bits per heavy atom. The van der Waals surface area contributed by atoms with Gasteiger partial charge in [0.05, 0.1) is 0 Å². The third-order valence-electron chi connectivity index (χ3n) is 0.805. The number of aliphatic carboxylic acids is 2. The molecule has 82 valence electrons. The molecule has 2 unspecified atom stereocenters. The van der Waals surface area contributed by atoms with Crippen LogP contribution in [0.25, 0.3) is 0 Å². The number of carbonyl (C=O) groups is 3. The fraction of sp³-hybridized carbons (Fsp3) is 0.400. The largest absolute Gasteiger partial charge is 1.00 e. The van der Waals surface area contributed by atoms with Gasteiger partial charge in [-0.25, -0.2) is 9.59 Å². The van der Waals surface area contributed by atoms with Crippen LogP contribution < -0.4 is 47.9 Å². The van der Waals surface area contributed by atoms with Crippen LogP contribution in [0.2, 0.25) is 0 Å². The van der Waals surface area contributed by atoms with Crippen LogP contribution in [0.5, 0.6) is 0 Å². The number of carboxylic acid groups (broad SMARTS) is 4. The van der Waals surface area contributed by atoms with E-state index in [1.807, 2.05) is 0 Å². The van der Waals surface area contributed by atoms with Gasteiger partial charge >= 0.3 is 49.7 Å². The number of hydrogen-bond donors (Lipinski definition) is 4. The Balaban J connectivity index is -0.000000105. The minimum atomic E-state index is -2.33. The van der Waals surface area contributed by atoms with Gasteiger partial charge in [0.15, 0.2) is 12.2 Å². The Morgan fingerprint density at radius 1 is 0.812 bits per heavy atom. The number of carboxylic acids is 2. The molecule has 0 aromatic carbocycles. The fourth-order valence-corrected chi connectivity index (χ4v) is 0.270. The van der Waals surface area contributed by atoms with Gasteiger partial charge in [-0.3, -0.25) is 0 Å². The van der Waals surface area contributed by atoms with Crippen LogP contribution in [0.1, 0.15) is 0 Å². The molecule has 16 heavy (non-hydrogen) atoms. The van der Waals surface area contributed by atoms with E-state index >= 15 is 0 Å². The summed E-state index contributed by atoms with van der Waals surface area (Å²) < 4.78 is 0. The van der Waals surface area contributed by atoms with E-state index in [9.17, 15) is 9.59 Å². The maximum atomic E-state index is 9.77. The van der Waals surface area contributed by atoms with Crippen LogP contribution in [-0.2, 0) is 9.59 Å². The molecule has 0 saturated heterocycles. The molecule has 4 N–H and O–H groups in total. The summed E-state index contributed by atoms with van der Waals surface area (Å²) in [6.07, 6.45) is -6.87. The monoisotopic (exact) mass is 224 g/mol. The standard InChI is InChI=1S/C4H6O6.CH2O3.2Li/c5-1(3(7)8)2(6)4(9)10;2-1(3)4;;/h1-2,5-6H,(H,7,8)(H,9,10);(H2,2,3,4);;/q;;2*+1/p-2. The molecule has 0 aliphatic rings. The maximum absolute atomic E-state index is 9.77. The quantitative estimate of drug-likeness (QED) is 0.338. The van der Waals surface area contributed by atoms with Crippen molar-refractivity contribution in [2.45, 2.75) is 12.2 Å². The van der Waals surface area contributed by atoms with Gasteiger partial charge in [-0.1, -0.05) is 0 Å². The van der Waals surface area contributed by atoms with Crippen molar-refractivity contribution >= 4 is 18.1 Å². The van der Waals surface area contributed by atoms with E-state index in [1.165, 1.54) is 0 Å². The molecule has 0 aromatic rings. The van der Waals surface area contributed by atoms with Gasteiger partial charge in [-0.2, -0.15) is 0 Å². The molecular weight excluding hydrogens is 218 g/mol. The first-order valence-corrected chi connectivity index (χ1v) is 2.89. The predicted molar refractivity (Wildman–Crippen MR) is 32.7 cm³/mol. The molecule has 0 aliphatic carbocycles. The van der Waals surface area contributed by atoms with Gasteiger partial charge in [0, 0.05) is 0 Å². The fourth-order valence-electron chi connectivity index (χ4n) is 0.270. The molecule has 11 heteroatoms. The molecule has 0 bridgehead atoms. The van der Waals surface area contributed by atoms with Crippen LogP contribution >= 0.6 is 0 Å². The number of aliphatic hydroxyl groups is 2. The summed E-state index contributed by atoms with van der Waals surface area (Å²) in [6, 6.07) is 0. The average Bonchev–Trinajstić information content (AvgIpc) is 2.00. The summed E-state index contributed by atoms with van der Waals surface area (Å²) in [6.45, 7) is 0. The van der Waals surface area contributed by atoms with Crippen LogP contribution in [0.15, 0.2) is 0 Å². The molecule has 0 fully saturated rings. The van der Waals surface area contributed by atoms with Crippen molar-refractivity contribution in [2.24, 2.45) is 0 Å². The first kappa shape index (κ1) is 24.5. The SMILES string of the molecule is O=C(O)C(O)C(O)C(=O)O.O=C([O-])[O-].[Li+].[Li+]. The minimum Gasteiger partial charge on any atom is -0.652 e. The molecule has 0 radical (unpaired) electrons. The summed E-state index contributed by atoms with van der Waals surface area (Å²) in [7, 11) is 0. The van der Waals surface area contributed by atoms with Crippen molar-refractivity contribution in [2.75, 3.05) is 0 Å². The zero-order chi connectivity index (χ0) is 11.9. The number of carbonyl (C=O) groups excluding carboxylic acids is 1. The van der Waals surface area contributed by atoms with Crippen molar-refractivity contribution in [3.8, 4) is 0 Å². The van der Waals surface area contributed by atoms with Gasteiger partial charge in [0.2, 0.25) is 0 Å². The molecule has 0 aromatic heterocycles. The van der Waals surface area contributed by atoms with Crippen LogP contribution in [-0.4, -0.2) is 50.7 Å². The smallest absolute Gasteiger partial charge is 0.652 e. The predicted octanol–water partition coefficient (Wildman–Crippen LogP) is -10.6. The molecule has 2 atom stereocenters. The Bertz CT molecular complexity index is 208. The molecule has 0 saturated carbocycles. The van der Waals surface area contributed by atoms with Crippen molar-refractivity contribution in [1.82, 2.24) is 0 Å². The van der Waals surface area contributed by atoms with Crippen LogP contribution in [0, 0.1) is 0 Å². The first-order valence-electron chi connectivity index (χ1n) is 2.89. The van der Waals surface area contributed by atoms with Gasteiger partial charge in [0.1, 0.15) is 0 Å². The Morgan fingerprint density at radius 2 is 0.938 bits per heavy atom. The van der Waals surface area contributed by atoms with E-state index in [0.717, 1.165) is 0 Å².